The van der Waals surface area contributed by atoms with E-state index in [-0.39, 0.29) is 11.8 Å². The van der Waals surface area contributed by atoms with Crippen LogP contribution in [0, 0.1) is 0 Å². The maximum absolute atomic E-state index is 13.7. The molecule has 7 heteroatoms. The first-order chi connectivity index (χ1) is 16.0. The number of amides is 1. The summed E-state index contributed by atoms with van der Waals surface area (Å²) in [6.45, 7) is 12.3. The predicted octanol–water partition coefficient (Wildman–Crippen LogP) is 4.34. The van der Waals surface area contributed by atoms with E-state index < -0.39 is 0 Å². The molecule has 1 fully saturated rings. The molecule has 1 aromatic heterocycles. The number of fused-ring (bicyclic) bond motifs is 1. The zero-order valence-electron chi connectivity index (χ0n) is 20.1. The van der Waals surface area contributed by atoms with Crippen molar-refractivity contribution in [2.24, 2.45) is 0 Å². The van der Waals surface area contributed by atoms with Crippen LogP contribution < -0.4 is 4.90 Å². The Balaban J connectivity index is 1.48. The van der Waals surface area contributed by atoms with Crippen LogP contribution in [0.3, 0.4) is 0 Å². The molecule has 1 amide bonds. The molecule has 0 bridgehead atoms. The molecule has 2 heterocycles. The first-order valence-electron chi connectivity index (χ1n) is 12.4. The molecule has 1 aromatic carbocycles. The van der Waals surface area contributed by atoms with E-state index in [9.17, 15) is 4.79 Å². The lowest BCUT2D eigenvalue weighted by Crippen LogP contribution is -2.51. The number of carbonyl (C=O) groups excluding carboxylic acids is 1. The first-order valence-corrected chi connectivity index (χ1v) is 12.7. The van der Waals surface area contributed by atoms with Crippen LogP contribution in [-0.4, -0.2) is 71.5 Å². The highest BCUT2D eigenvalue weighted by Crippen LogP contribution is 2.37. The number of aryl methyl sites for hydroxylation is 1. The van der Waals surface area contributed by atoms with Crippen molar-refractivity contribution in [1.29, 1.82) is 0 Å². The lowest BCUT2D eigenvalue weighted by molar-refractivity contribution is -0.133. The van der Waals surface area contributed by atoms with Gasteiger partial charge in [-0.25, -0.2) is 9.97 Å². The number of carbonyl (C=O) groups is 1. The van der Waals surface area contributed by atoms with Gasteiger partial charge in [-0.1, -0.05) is 44.5 Å². The summed E-state index contributed by atoms with van der Waals surface area (Å²) < 4.78 is 0. The van der Waals surface area contributed by atoms with Crippen molar-refractivity contribution in [3.63, 3.8) is 0 Å². The quantitative estimate of drug-likeness (QED) is 0.575. The van der Waals surface area contributed by atoms with Crippen molar-refractivity contribution in [3.05, 3.63) is 52.4 Å². The first kappa shape index (κ1) is 24.0. The second kappa shape index (κ2) is 10.8. The highest BCUT2D eigenvalue weighted by molar-refractivity contribution is 6.30. The second-order valence-corrected chi connectivity index (χ2v) is 9.74. The smallest absolute Gasteiger partial charge is 0.231 e. The number of anilines is 1. The summed E-state index contributed by atoms with van der Waals surface area (Å²) >= 11 is 6.13. The molecule has 2 atom stereocenters. The third-order valence-corrected chi connectivity index (χ3v) is 7.39. The second-order valence-electron chi connectivity index (χ2n) is 9.31. The topological polar surface area (TPSA) is 52.6 Å². The fourth-order valence-corrected chi connectivity index (χ4v) is 5.33. The molecule has 0 saturated carbocycles. The fraction of sp³-hybridized carbons (Fsp3) is 0.577. The summed E-state index contributed by atoms with van der Waals surface area (Å²) in [6.07, 6.45) is 4.97. The van der Waals surface area contributed by atoms with Gasteiger partial charge in [-0.3, -0.25) is 4.79 Å². The van der Waals surface area contributed by atoms with Gasteiger partial charge < -0.3 is 14.7 Å². The zero-order valence-corrected chi connectivity index (χ0v) is 20.9. The maximum Gasteiger partial charge on any atom is 0.231 e. The van der Waals surface area contributed by atoms with Gasteiger partial charge in [-0.05, 0) is 56.0 Å². The molecular weight excluding hydrogens is 434 g/mol. The molecule has 1 aliphatic heterocycles. The Hall–Kier alpha value is -2.18. The predicted molar refractivity (Wildman–Crippen MR) is 134 cm³/mol. The number of piperazine rings is 1. The average molecular weight is 470 g/mol. The van der Waals surface area contributed by atoms with Crippen LogP contribution in [0.25, 0.3) is 0 Å². The summed E-state index contributed by atoms with van der Waals surface area (Å²) in [5.41, 5.74) is 3.56. The van der Waals surface area contributed by atoms with Gasteiger partial charge in [-0.15, -0.1) is 0 Å². The minimum atomic E-state index is -0.177. The molecule has 0 radical (unpaired) electrons. The maximum atomic E-state index is 13.7. The standard InChI is InChI=1S/C26H36ClN5O/c1-4-12-30(5-2)17-22(20-7-9-21(27)10-8-20)26(33)32-15-13-31(14-16-32)25-24-19(3)6-11-23(24)28-18-29-25/h7-10,18-19,22H,4-6,11-17H2,1-3H3. The molecule has 178 valence electrons. The van der Waals surface area contributed by atoms with Crippen LogP contribution in [0.1, 0.15) is 62.3 Å². The Morgan fingerprint density at radius 3 is 2.55 bits per heavy atom. The van der Waals surface area contributed by atoms with E-state index in [0.29, 0.717) is 10.9 Å². The average Bonchev–Trinajstić information content (AvgIpc) is 3.23. The number of benzene rings is 1. The van der Waals surface area contributed by atoms with Gasteiger partial charge in [0.1, 0.15) is 12.1 Å². The highest BCUT2D eigenvalue weighted by Gasteiger charge is 2.32. The van der Waals surface area contributed by atoms with Gasteiger partial charge in [0.2, 0.25) is 5.91 Å². The molecule has 2 unspecified atom stereocenters. The van der Waals surface area contributed by atoms with Crippen molar-refractivity contribution in [2.75, 3.05) is 50.7 Å². The van der Waals surface area contributed by atoms with Crippen molar-refractivity contribution in [2.45, 2.75) is 51.9 Å². The van der Waals surface area contributed by atoms with Crippen LogP contribution in [0.4, 0.5) is 5.82 Å². The molecule has 0 spiro atoms. The van der Waals surface area contributed by atoms with Crippen LogP contribution in [-0.2, 0) is 11.2 Å². The molecule has 1 aliphatic carbocycles. The van der Waals surface area contributed by atoms with E-state index in [0.717, 1.165) is 76.5 Å². The number of halogens is 1. The lowest BCUT2D eigenvalue weighted by Gasteiger charge is -2.38. The van der Waals surface area contributed by atoms with E-state index in [1.165, 1.54) is 11.3 Å². The number of hydrogen-bond donors (Lipinski definition) is 0. The van der Waals surface area contributed by atoms with Gasteiger partial charge in [0.05, 0.1) is 5.92 Å². The number of nitrogens with zero attached hydrogens (tertiary/aromatic N) is 5. The third kappa shape index (κ3) is 5.33. The molecule has 2 aliphatic rings. The monoisotopic (exact) mass is 469 g/mol. The largest absolute Gasteiger partial charge is 0.353 e. The van der Waals surface area contributed by atoms with Crippen molar-refractivity contribution >= 4 is 23.3 Å². The Labute approximate surface area is 202 Å². The van der Waals surface area contributed by atoms with Gasteiger partial charge in [0.25, 0.3) is 0 Å². The molecule has 1 saturated heterocycles. The summed E-state index contributed by atoms with van der Waals surface area (Å²) in [7, 11) is 0. The van der Waals surface area contributed by atoms with Crippen LogP contribution >= 0.6 is 11.6 Å². The molecule has 2 aromatic rings. The molecule has 33 heavy (non-hydrogen) atoms. The summed E-state index contributed by atoms with van der Waals surface area (Å²) in [4.78, 5) is 29.7. The van der Waals surface area contributed by atoms with E-state index in [4.69, 9.17) is 11.6 Å². The number of hydrogen-bond acceptors (Lipinski definition) is 5. The number of likely N-dealkylation sites (N-methyl/N-ethyl adjacent to an activating group) is 1. The minimum absolute atomic E-state index is 0.177. The SMILES string of the molecule is CCCN(CC)CC(C(=O)N1CCN(c2ncnc3c2C(C)CC3)CC1)c1ccc(Cl)cc1. The van der Waals surface area contributed by atoms with E-state index in [1.807, 2.05) is 29.2 Å². The zero-order chi connectivity index (χ0) is 23.4. The van der Waals surface area contributed by atoms with E-state index >= 15 is 0 Å². The van der Waals surface area contributed by atoms with E-state index in [2.05, 4.69) is 40.5 Å². The molecule has 6 nitrogen and oxygen atoms in total. The van der Waals surface area contributed by atoms with Crippen LogP contribution in [0.15, 0.2) is 30.6 Å². The Morgan fingerprint density at radius 1 is 1.15 bits per heavy atom. The van der Waals surface area contributed by atoms with Gasteiger partial charge in [-0.2, -0.15) is 0 Å². The Morgan fingerprint density at radius 2 is 1.88 bits per heavy atom. The van der Waals surface area contributed by atoms with Crippen molar-refractivity contribution in [1.82, 2.24) is 19.8 Å². The Bertz CT molecular complexity index is 942. The van der Waals surface area contributed by atoms with Gasteiger partial charge in [0.15, 0.2) is 0 Å². The molecule has 4 rings (SSSR count). The molecule has 0 N–H and O–H groups in total. The van der Waals surface area contributed by atoms with Gasteiger partial charge in [0, 0.05) is 49.0 Å². The normalized spacial score (nSPS) is 19.1. The number of aromatic nitrogens is 2. The highest BCUT2D eigenvalue weighted by atomic mass is 35.5. The Kier molecular flexibility index (Phi) is 7.86. The van der Waals surface area contributed by atoms with E-state index in [1.54, 1.807) is 6.33 Å². The molecular formula is C26H36ClN5O. The fourth-order valence-electron chi connectivity index (χ4n) is 5.21. The van der Waals surface area contributed by atoms with Crippen LogP contribution in [0.5, 0.6) is 0 Å². The van der Waals surface area contributed by atoms with Crippen molar-refractivity contribution in [3.8, 4) is 0 Å². The van der Waals surface area contributed by atoms with Crippen molar-refractivity contribution < 1.29 is 4.79 Å². The lowest BCUT2D eigenvalue weighted by atomic mass is 9.96. The minimum Gasteiger partial charge on any atom is -0.353 e. The number of rotatable bonds is 8. The summed E-state index contributed by atoms with van der Waals surface area (Å²) in [5, 5.41) is 0.700. The van der Waals surface area contributed by atoms with Gasteiger partial charge >= 0.3 is 0 Å². The summed E-state index contributed by atoms with van der Waals surface area (Å²) in [6, 6.07) is 7.79. The van der Waals surface area contributed by atoms with Crippen LogP contribution in [0.2, 0.25) is 5.02 Å². The third-order valence-electron chi connectivity index (χ3n) is 7.14. The summed E-state index contributed by atoms with van der Waals surface area (Å²) in [5.74, 6) is 1.62.